The summed E-state index contributed by atoms with van der Waals surface area (Å²) in [7, 11) is 0. The van der Waals surface area contributed by atoms with E-state index in [9.17, 15) is 4.79 Å². The molecule has 0 saturated heterocycles. The molecule has 0 fully saturated rings. The molecule has 0 radical (unpaired) electrons. The summed E-state index contributed by atoms with van der Waals surface area (Å²) in [5, 5.41) is 2.94. The summed E-state index contributed by atoms with van der Waals surface area (Å²) < 4.78 is 1.01. The van der Waals surface area contributed by atoms with Crippen LogP contribution in [0.5, 0.6) is 0 Å². The van der Waals surface area contributed by atoms with Crippen molar-refractivity contribution in [3.05, 3.63) is 12.2 Å². The van der Waals surface area contributed by atoms with Crippen molar-refractivity contribution in [2.24, 2.45) is 4.99 Å². The van der Waals surface area contributed by atoms with Gasteiger partial charge in [-0.3, -0.25) is 9.28 Å². The maximum Gasteiger partial charge on any atom is 0.217 e. The third-order valence-electron chi connectivity index (χ3n) is 5.14. The molecule has 1 amide bonds. The van der Waals surface area contributed by atoms with Gasteiger partial charge < -0.3 is 5.32 Å². The van der Waals surface area contributed by atoms with Crippen LogP contribution in [-0.2, 0) is 4.79 Å². The number of rotatable bonds is 13. The van der Waals surface area contributed by atoms with Gasteiger partial charge in [0, 0.05) is 13.3 Å². The number of hydrogen-bond donors (Lipinski definition) is 1. The SMILES string of the molecule is CCCCC/C=C/CCCCC1N=CC[N+]1(CC)CCNC(C)=O. The van der Waals surface area contributed by atoms with E-state index in [4.69, 9.17) is 4.99 Å². The second kappa shape index (κ2) is 12.2. The fourth-order valence-electron chi connectivity index (χ4n) is 3.47. The summed E-state index contributed by atoms with van der Waals surface area (Å²) in [6.45, 7) is 9.92. The van der Waals surface area contributed by atoms with Crippen LogP contribution in [0.2, 0.25) is 0 Å². The Balaban J connectivity index is 2.24. The summed E-state index contributed by atoms with van der Waals surface area (Å²) in [6.07, 6.45) is 17.2. The maximum atomic E-state index is 11.1. The number of hydrogen-bond acceptors (Lipinski definition) is 2. The third-order valence-corrected chi connectivity index (χ3v) is 5.14. The van der Waals surface area contributed by atoms with E-state index in [1.165, 1.54) is 44.9 Å². The van der Waals surface area contributed by atoms with Crippen LogP contribution in [0, 0.1) is 0 Å². The van der Waals surface area contributed by atoms with Crippen molar-refractivity contribution in [3.8, 4) is 0 Å². The minimum Gasteiger partial charge on any atom is -0.351 e. The summed E-state index contributed by atoms with van der Waals surface area (Å²) in [5.41, 5.74) is 0. The fraction of sp³-hybridized carbons (Fsp3) is 0.800. The van der Waals surface area contributed by atoms with Crippen LogP contribution in [0.15, 0.2) is 17.1 Å². The molecule has 0 saturated carbocycles. The van der Waals surface area contributed by atoms with Crippen LogP contribution in [0.4, 0.5) is 0 Å². The number of nitrogens with zero attached hydrogens (tertiary/aromatic N) is 2. The molecular weight excluding hydrogens is 298 g/mol. The van der Waals surface area contributed by atoms with Gasteiger partial charge in [-0.2, -0.15) is 0 Å². The topological polar surface area (TPSA) is 41.5 Å². The van der Waals surface area contributed by atoms with Crippen molar-refractivity contribution >= 4 is 12.1 Å². The van der Waals surface area contributed by atoms with Crippen molar-refractivity contribution < 1.29 is 9.28 Å². The van der Waals surface area contributed by atoms with E-state index in [-0.39, 0.29) is 5.91 Å². The first-order chi connectivity index (χ1) is 11.6. The molecule has 1 aliphatic rings. The average molecular weight is 337 g/mol. The highest BCUT2D eigenvalue weighted by molar-refractivity contribution is 5.72. The summed E-state index contributed by atoms with van der Waals surface area (Å²) >= 11 is 0. The fourth-order valence-corrected chi connectivity index (χ4v) is 3.47. The second-order valence-corrected chi connectivity index (χ2v) is 6.99. The first kappa shape index (κ1) is 20.9. The monoisotopic (exact) mass is 336 g/mol. The quantitative estimate of drug-likeness (QED) is 0.307. The van der Waals surface area contributed by atoms with Gasteiger partial charge in [-0.1, -0.05) is 31.9 Å². The van der Waals surface area contributed by atoms with Crippen molar-refractivity contribution in [1.29, 1.82) is 0 Å². The second-order valence-electron chi connectivity index (χ2n) is 6.99. The highest BCUT2D eigenvalue weighted by atomic mass is 16.1. The molecule has 4 nitrogen and oxygen atoms in total. The minimum absolute atomic E-state index is 0.0617. The van der Waals surface area contributed by atoms with Crippen LogP contribution < -0.4 is 5.32 Å². The average Bonchev–Trinajstić information content (AvgIpc) is 2.96. The number of aliphatic imine (C=N–C) groups is 1. The Bertz CT molecular complexity index is 406. The van der Waals surface area contributed by atoms with Crippen molar-refractivity contribution in [2.45, 2.75) is 78.3 Å². The highest BCUT2D eigenvalue weighted by Gasteiger charge is 2.37. The van der Waals surface area contributed by atoms with Crippen LogP contribution in [0.1, 0.15) is 72.1 Å². The lowest BCUT2D eigenvalue weighted by atomic mass is 10.1. The molecule has 0 aromatic heterocycles. The molecule has 138 valence electrons. The molecule has 24 heavy (non-hydrogen) atoms. The first-order valence-corrected chi connectivity index (χ1v) is 9.91. The van der Waals surface area contributed by atoms with E-state index in [0.717, 1.165) is 37.1 Å². The van der Waals surface area contributed by atoms with E-state index in [0.29, 0.717) is 6.17 Å². The van der Waals surface area contributed by atoms with Crippen LogP contribution >= 0.6 is 0 Å². The number of nitrogens with one attached hydrogen (secondary N) is 1. The van der Waals surface area contributed by atoms with Crippen LogP contribution in [0.3, 0.4) is 0 Å². The zero-order valence-corrected chi connectivity index (χ0v) is 16.1. The van der Waals surface area contributed by atoms with Crippen molar-refractivity contribution in [1.82, 2.24) is 5.32 Å². The zero-order chi connectivity index (χ0) is 17.7. The Morgan fingerprint density at radius 1 is 1.21 bits per heavy atom. The normalized spacial score (nSPS) is 23.2. The summed E-state index contributed by atoms with van der Waals surface area (Å²) in [6, 6.07) is 0. The summed E-state index contributed by atoms with van der Waals surface area (Å²) in [4.78, 5) is 15.8. The van der Waals surface area contributed by atoms with Gasteiger partial charge in [-0.15, -0.1) is 0 Å². The number of carbonyl (C=O) groups is 1. The molecule has 1 aliphatic heterocycles. The van der Waals surface area contributed by atoms with Gasteiger partial charge in [0.1, 0.15) is 6.54 Å². The van der Waals surface area contributed by atoms with E-state index >= 15 is 0 Å². The molecule has 2 atom stereocenters. The van der Waals surface area contributed by atoms with Gasteiger partial charge >= 0.3 is 0 Å². The van der Waals surface area contributed by atoms with Crippen LogP contribution in [0.25, 0.3) is 0 Å². The molecule has 1 rings (SSSR count). The summed E-state index contributed by atoms with van der Waals surface area (Å²) in [5.74, 6) is 0.0617. The van der Waals surface area contributed by atoms with E-state index in [1.807, 2.05) is 0 Å². The van der Waals surface area contributed by atoms with Gasteiger partial charge in [-0.05, 0) is 39.0 Å². The molecule has 2 unspecified atom stereocenters. The van der Waals surface area contributed by atoms with Gasteiger partial charge in [0.05, 0.1) is 25.8 Å². The Kier molecular flexibility index (Phi) is 10.6. The van der Waals surface area contributed by atoms with Crippen molar-refractivity contribution in [2.75, 3.05) is 26.2 Å². The zero-order valence-electron chi connectivity index (χ0n) is 16.1. The number of likely N-dealkylation sites (N-methyl/N-ethyl adjacent to an activating group) is 1. The lowest BCUT2D eigenvalue weighted by Gasteiger charge is -2.38. The number of quaternary nitrogens is 1. The van der Waals surface area contributed by atoms with E-state index in [1.54, 1.807) is 6.92 Å². The molecule has 0 aromatic carbocycles. The van der Waals surface area contributed by atoms with Crippen LogP contribution in [-0.4, -0.2) is 48.9 Å². The molecule has 0 bridgehead atoms. The predicted molar refractivity (Wildman–Crippen MR) is 103 cm³/mol. The molecule has 0 aliphatic carbocycles. The smallest absolute Gasteiger partial charge is 0.217 e. The molecule has 1 N–H and O–H groups in total. The Labute approximate surface area is 149 Å². The van der Waals surface area contributed by atoms with Gasteiger partial charge in [0.2, 0.25) is 5.91 Å². The number of carbonyl (C=O) groups excluding carboxylic acids is 1. The van der Waals surface area contributed by atoms with Gasteiger partial charge in [-0.25, -0.2) is 4.99 Å². The standard InChI is InChI=1S/C20H37N3O/c1-4-6-7-8-9-10-11-12-13-14-20-22-16-18-23(20,5-2)17-15-21-19(3)24/h9-10,16,20H,4-8,11-15,17-18H2,1-3H3/p+1/b10-9+. The first-order valence-electron chi connectivity index (χ1n) is 9.91. The molecule has 1 heterocycles. The molecule has 0 spiro atoms. The number of amides is 1. The maximum absolute atomic E-state index is 11.1. The third kappa shape index (κ3) is 7.61. The van der Waals surface area contributed by atoms with E-state index < -0.39 is 0 Å². The Hall–Kier alpha value is -1.16. The largest absolute Gasteiger partial charge is 0.351 e. The lowest BCUT2D eigenvalue weighted by Crippen LogP contribution is -2.55. The predicted octanol–water partition coefficient (Wildman–Crippen LogP) is 4.07. The van der Waals surface area contributed by atoms with Crippen molar-refractivity contribution in [3.63, 3.8) is 0 Å². The minimum atomic E-state index is 0.0617. The molecular formula is C20H38N3O+. The van der Waals surface area contributed by atoms with Gasteiger partial charge in [0.15, 0.2) is 6.17 Å². The Morgan fingerprint density at radius 2 is 1.92 bits per heavy atom. The molecule has 4 heteroatoms. The highest BCUT2D eigenvalue weighted by Crippen LogP contribution is 2.23. The Morgan fingerprint density at radius 3 is 2.54 bits per heavy atom. The van der Waals surface area contributed by atoms with E-state index in [2.05, 4.69) is 37.5 Å². The molecule has 0 aromatic rings. The number of unbranched alkanes of at least 4 members (excludes halogenated alkanes) is 5. The number of allylic oxidation sites excluding steroid dienone is 2. The van der Waals surface area contributed by atoms with Gasteiger partial charge in [0.25, 0.3) is 0 Å². The lowest BCUT2D eigenvalue weighted by molar-refractivity contribution is -0.935.